The summed E-state index contributed by atoms with van der Waals surface area (Å²) in [5.74, 6) is 1.85. The Kier molecular flexibility index (Phi) is 6.23. The molecule has 1 amide bonds. The lowest BCUT2D eigenvalue weighted by Crippen LogP contribution is -2.36. The number of carbonyl (C=O) groups excluding carboxylic acids is 1. The van der Waals surface area contributed by atoms with E-state index >= 15 is 0 Å². The number of methoxy groups -OCH3 is 1. The number of nitrogens with zero attached hydrogens (tertiary/aromatic N) is 3. The zero-order valence-corrected chi connectivity index (χ0v) is 17.7. The predicted molar refractivity (Wildman–Crippen MR) is 119 cm³/mol. The van der Waals surface area contributed by atoms with E-state index in [0.717, 1.165) is 54.4 Å². The van der Waals surface area contributed by atoms with Crippen LogP contribution >= 0.6 is 11.6 Å². The summed E-state index contributed by atoms with van der Waals surface area (Å²) in [6, 6.07) is 17.5. The summed E-state index contributed by atoms with van der Waals surface area (Å²) in [7, 11) is 1.66. The van der Waals surface area contributed by atoms with E-state index in [9.17, 15) is 4.79 Å². The maximum Gasteiger partial charge on any atom is 0.227 e. The van der Waals surface area contributed by atoms with Crippen molar-refractivity contribution in [3.05, 3.63) is 65.2 Å². The minimum atomic E-state index is 0.117. The third-order valence-electron chi connectivity index (χ3n) is 5.44. The molecule has 1 aliphatic heterocycles. The van der Waals surface area contributed by atoms with Crippen molar-refractivity contribution in [3.8, 4) is 17.0 Å². The van der Waals surface area contributed by atoms with Gasteiger partial charge in [-0.25, -0.2) is 0 Å². The molecule has 156 valence electrons. The van der Waals surface area contributed by atoms with Crippen LogP contribution in [0.5, 0.6) is 5.75 Å². The number of ether oxygens (including phenoxy) is 1. The predicted octanol–water partition coefficient (Wildman–Crippen LogP) is 4.02. The van der Waals surface area contributed by atoms with E-state index in [0.29, 0.717) is 18.0 Å². The van der Waals surface area contributed by atoms with Gasteiger partial charge >= 0.3 is 0 Å². The molecule has 0 saturated carbocycles. The fourth-order valence-corrected chi connectivity index (χ4v) is 3.91. The number of aromatic amines is 1. The molecule has 0 unspecified atom stereocenters. The van der Waals surface area contributed by atoms with Gasteiger partial charge in [-0.15, -0.1) is 0 Å². The average Bonchev–Trinajstić information content (AvgIpc) is 3.13. The molecule has 30 heavy (non-hydrogen) atoms. The Labute approximate surface area is 181 Å². The number of rotatable bonds is 5. The van der Waals surface area contributed by atoms with Gasteiger partial charge < -0.3 is 14.5 Å². The lowest BCUT2D eigenvalue weighted by molar-refractivity contribution is -0.130. The molecule has 0 atom stereocenters. The number of hydrogen-bond acceptors (Lipinski definition) is 4. The van der Waals surface area contributed by atoms with E-state index < -0.39 is 0 Å². The number of anilines is 1. The first-order valence-corrected chi connectivity index (χ1v) is 10.5. The molecule has 1 N–H and O–H groups in total. The number of H-pyrrole nitrogens is 1. The summed E-state index contributed by atoms with van der Waals surface area (Å²) in [6.45, 7) is 3.04. The van der Waals surface area contributed by atoms with Gasteiger partial charge in [0.15, 0.2) is 5.82 Å². The molecule has 3 aromatic rings. The largest absolute Gasteiger partial charge is 0.497 e. The molecule has 1 aromatic heterocycles. The van der Waals surface area contributed by atoms with Crippen LogP contribution in [-0.2, 0) is 11.2 Å². The first-order valence-electron chi connectivity index (χ1n) is 10.1. The molecule has 0 aliphatic carbocycles. The Balaban J connectivity index is 1.39. The number of halogens is 1. The second kappa shape index (κ2) is 9.22. The Hall–Kier alpha value is -2.99. The molecule has 1 fully saturated rings. The zero-order valence-electron chi connectivity index (χ0n) is 17.0. The lowest BCUT2D eigenvalue weighted by Gasteiger charge is -2.22. The van der Waals surface area contributed by atoms with Crippen LogP contribution in [-0.4, -0.2) is 54.3 Å². The summed E-state index contributed by atoms with van der Waals surface area (Å²) in [5, 5.41) is 8.26. The Morgan fingerprint density at radius 1 is 1.10 bits per heavy atom. The average molecular weight is 425 g/mol. The van der Waals surface area contributed by atoms with Gasteiger partial charge in [0.25, 0.3) is 0 Å². The monoisotopic (exact) mass is 424 g/mol. The van der Waals surface area contributed by atoms with Crippen molar-refractivity contribution in [2.24, 2.45) is 0 Å². The van der Waals surface area contributed by atoms with Gasteiger partial charge in [-0.05, 0) is 47.9 Å². The molecular formula is C23H25ClN4O2. The highest BCUT2D eigenvalue weighted by molar-refractivity contribution is 6.31. The van der Waals surface area contributed by atoms with Crippen molar-refractivity contribution in [3.63, 3.8) is 0 Å². The van der Waals surface area contributed by atoms with Crippen LogP contribution in [0, 0.1) is 0 Å². The fourth-order valence-electron chi connectivity index (χ4n) is 3.70. The summed E-state index contributed by atoms with van der Waals surface area (Å²) < 4.78 is 5.22. The molecule has 0 spiro atoms. The Morgan fingerprint density at radius 2 is 1.90 bits per heavy atom. The summed E-state index contributed by atoms with van der Waals surface area (Å²) in [4.78, 5) is 16.9. The van der Waals surface area contributed by atoms with Crippen LogP contribution in [0.25, 0.3) is 11.3 Å². The quantitative estimate of drug-likeness (QED) is 0.672. The first kappa shape index (κ1) is 20.3. The minimum Gasteiger partial charge on any atom is -0.497 e. The van der Waals surface area contributed by atoms with Crippen LogP contribution in [0.4, 0.5) is 5.82 Å². The highest BCUT2D eigenvalue weighted by atomic mass is 35.5. The summed E-state index contributed by atoms with van der Waals surface area (Å²) in [6.07, 6.45) is 1.24. The maximum atomic E-state index is 12.8. The van der Waals surface area contributed by atoms with Crippen LogP contribution in [0.2, 0.25) is 5.02 Å². The standard InChI is InChI=1S/C23H25ClN4O2/c1-30-19-9-7-17(8-10-19)21-16-22(26-25-21)27-11-4-12-28(14-13-27)23(29)15-18-5-2-3-6-20(18)24/h2-3,5-10,16H,4,11-15H2,1H3,(H,25,26). The van der Waals surface area contributed by atoms with Crippen molar-refractivity contribution < 1.29 is 9.53 Å². The fraction of sp³-hybridized carbons (Fsp3) is 0.304. The zero-order chi connectivity index (χ0) is 20.9. The van der Waals surface area contributed by atoms with Gasteiger partial charge in [-0.3, -0.25) is 9.89 Å². The lowest BCUT2D eigenvalue weighted by atomic mass is 10.1. The topological polar surface area (TPSA) is 61.5 Å². The number of nitrogens with one attached hydrogen (secondary N) is 1. The normalized spacial score (nSPS) is 14.5. The second-order valence-corrected chi connectivity index (χ2v) is 7.77. The van der Waals surface area contributed by atoms with E-state index in [1.165, 1.54) is 0 Å². The SMILES string of the molecule is COc1ccc(-c2cc(N3CCCN(C(=O)Cc4ccccc4Cl)CC3)n[nH]2)cc1. The van der Waals surface area contributed by atoms with E-state index in [1.54, 1.807) is 7.11 Å². The molecule has 2 aromatic carbocycles. The molecule has 0 bridgehead atoms. The second-order valence-electron chi connectivity index (χ2n) is 7.36. The smallest absolute Gasteiger partial charge is 0.227 e. The molecule has 2 heterocycles. The highest BCUT2D eigenvalue weighted by Crippen LogP contribution is 2.25. The van der Waals surface area contributed by atoms with E-state index in [4.69, 9.17) is 16.3 Å². The first-order chi connectivity index (χ1) is 14.6. The number of benzene rings is 2. The molecule has 7 heteroatoms. The van der Waals surface area contributed by atoms with Gasteiger partial charge in [0.05, 0.1) is 19.2 Å². The molecule has 0 radical (unpaired) electrons. The van der Waals surface area contributed by atoms with Gasteiger partial charge in [0, 0.05) is 37.3 Å². The van der Waals surface area contributed by atoms with Crippen molar-refractivity contribution in [1.29, 1.82) is 0 Å². The van der Waals surface area contributed by atoms with Gasteiger partial charge in [-0.2, -0.15) is 5.10 Å². The maximum absolute atomic E-state index is 12.8. The molecule has 6 nitrogen and oxygen atoms in total. The third-order valence-corrected chi connectivity index (χ3v) is 5.81. The molecular weight excluding hydrogens is 400 g/mol. The molecule has 1 saturated heterocycles. The van der Waals surface area contributed by atoms with Crippen molar-refractivity contribution >= 4 is 23.3 Å². The minimum absolute atomic E-state index is 0.117. The number of hydrogen-bond donors (Lipinski definition) is 1. The van der Waals surface area contributed by atoms with Crippen molar-refractivity contribution in [1.82, 2.24) is 15.1 Å². The Bertz CT molecular complexity index is 1000. The summed E-state index contributed by atoms with van der Waals surface area (Å²) >= 11 is 6.21. The van der Waals surface area contributed by atoms with Gasteiger partial charge in [0.2, 0.25) is 5.91 Å². The highest BCUT2D eigenvalue weighted by Gasteiger charge is 2.21. The summed E-state index contributed by atoms with van der Waals surface area (Å²) in [5.41, 5.74) is 2.89. The number of amides is 1. The van der Waals surface area contributed by atoms with Crippen LogP contribution < -0.4 is 9.64 Å². The van der Waals surface area contributed by atoms with Crippen LogP contribution in [0.3, 0.4) is 0 Å². The van der Waals surface area contributed by atoms with E-state index in [1.807, 2.05) is 53.4 Å². The molecule has 1 aliphatic rings. The Morgan fingerprint density at radius 3 is 2.67 bits per heavy atom. The third kappa shape index (κ3) is 4.60. The van der Waals surface area contributed by atoms with Crippen molar-refractivity contribution in [2.45, 2.75) is 12.8 Å². The van der Waals surface area contributed by atoms with Crippen LogP contribution in [0.1, 0.15) is 12.0 Å². The number of aromatic nitrogens is 2. The van der Waals surface area contributed by atoms with Crippen LogP contribution in [0.15, 0.2) is 54.6 Å². The van der Waals surface area contributed by atoms with Gasteiger partial charge in [0.1, 0.15) is 5.75 Å². The number of carbonyl (C=O) groups is 1. The molecule has 4 rings (SSSR count). The van der Waals surface area contributed by atoms with Gasteiger partial charge in [-0.1, -0.05) is 29.8 Å². The van der Waals surface area contributed by atoms with E-state index in [-0.39, 0.29) is 5.91 Å². The van der Waals surface area contributed by atoms with Crippen molar-refractivity contribution in [2.75, 3.05) is 38.2 Å². The van der Waals surface area contributed by atoms with E-state index in [2.05, 4.69) is 21.2 Å².